The lowest BCUT2D eigenvalue weighted by Crippen LogP contribution is -2.36. The number of carbonyl (C=O) groups is 1. The zero-order chi connectivity index (χ0) is 27.7. The Bertz CT molecular complexity index is 1160. The van der Waals surface area contributed by atoms with Gasteiger partial charge in [-0.1, -0.05) is 71.4 Å². The minimum Gasteiger partial charge on any atom is -0.507 e. The Hall–Kier alpha value is -3.27. The largest absolute Gasteiger partial charge is 0.507 e. The number of amides is 1. The number of nitrogens with zero attached hydrogens (tertiary/aromatic N) is 1. The average molecular weight is 515 g/mol. The van der Waals surface area contributed by atoms with E-state index < -0.39 is 0 Å². The van der Waals surface area contributed by atoms with Crippen LogP contribution in [-0.4, -0.2) is 17.6 Å². The topological polar surface area (TPSA) is 52.6 Å². The number of phenols is 1. The Morgan fingerprint density at radius 3 is 2.26 bits per heavy atom. The molecule has 38 heavy (non-hydrogen) atoms. The van der Waals surface area contributed by atoms with E-state index in [1.54, 1.807) is 0 Å². The van der Waals surface area contributed by atoms with E-state index in [0.29, 0.717) is 31.1 Å². The molecule has 1 amide bonds. The van der Waals surface area contributed by atoms with Gasteiger partial charge >= 0.3 is 0 Å². The first kappa shape index (κ1) is 29.3. The van der Waals surface area contributed by atoms with Crippen molar-refractivity contribution in [2.75, 3.05) is 16.8 Å². The van der Waals surface area contributed by atoms with Crippen LogP contribution in [0.15, 0.2) is 66.7 Å². The van der Waals surface area contributed by atoms with Crippen molar-refractivity contribution in [1.29, 1.82) is 0 Å². The summed E-state index contributed by atoms with van der Waals surface area (Å²) < 4.78 is 0. The summed E-state index contributed by atoms with van der Waals surface area (Å²) in [5.41, 5.74) is 6.16. The van der Waals surface area contributed by atoms with Gasteiger partial charge < -0.3 is 15.3 Å². The Balaban J connectivity index is 1.77. The fraction of sp³-hybridized carbons (Fsp3) is 0.441. The smallest absolute Gasteiger partial charge is 0.227 e. The summed E-state index contributed by atoms with van der Waals surface area (Å²) in [4.78, 5) is 15.6. The van der Waals surface area contributed by atoms with Gasteiger partial charge in [-0.15, -0.1) is 0 Å². The Kier molecular flexibility index (Phi) is 10.4. The summed E-state index contributed by atoms with van der Waals surface area (Å²) in [7, 11) is 0. The maximum Gasteiger partial charge on any atom is 0.227 e. The summed E-state index contributed by atoms with van der Waals surface area (Å²) in [5.74, 6) is 0.906. The van der Waals surface area contributed by atoms with Crippen molar-refractivity contribution in [2.45, 2.75) is 80.1 Å². The fourth-order valence-corrected chi connectivity index (χ4v) is 5.21. The normalized spacial score (nSPS) is 12.3. The molecule has 0 aliphatic carbocycles. The predicted octanol–water partition coefficient (Wildman–Crippen LogP) is 8.82. The molecule has 204 valence electrons. The van der Waals surface area contributed by atoms with E-state index in [4.69, 9.17) is 0 Å². The number of nitrogens with one attached hydrogen (secondary N) is 1. The van der Waals surface area contributed by atoms with Gasteiger partial charge in [-0.3, -0.25) is 4.79 Å². The molecule has 0 aliphatic rings. The average Bonchev–Trinajstić information content (AvgIpc) is 2.87. The summed E-state index contributed by atoms with van der Waals surface area (Å²) in [5, 5.41) is 13.9. The number of para-hydroxylation sites is 1. The second kappa shape index (κ2) is 13.5. The lowest BCUT2D eigenvalue weighted by atomic mass is 9.85. The highest BCUT2D eigenvalue weighted by Gasteiger charge is 2.22. The van der Waals surface area contributed by atoms with E-state index in [0.717, 1.165) is 59.4 Å². The molecule has 0 heterocycles. The Morgan fingerprint density at radius 1 is 0.974 bits per heavy atom. The van der Waals surface area contributed by atoms with Gasteiger partial charge in [0.2, 0.25) is 5.91 Å². The lowest BCUT2D eigenvalue weighted by molar-refractivity contribution is -0.118. The molecule has 3 aromatic rings. The number of benzene rings is 3. The van der Waals surface area contributed by atoms with Crippen molar-refractivity contribution in [3.63, 3.8) is 0 Å². The van der Waals surface area contributed by atoms with E-state index >= 15 is 0 Å². The van der Waals surface area contributed by atoms with Crippen LogP contribution in [0.5, 0.6) is 5.75 Å². The maximum atomic E-state index is 13.7. The zero-order valence-electron chi connectivity index (χ0n) is 24.2. The van der Waals surface area contributed by atoms with Crippen LogP contribution in [0.1, 0.15) is 77.0 Å². The number of hydrogen-bond acceptors (Lipinski definition) is 3. The number of anilines is 3. The molecule has 1 unspecified atom stereocenters. The van der Waals surface area contributed by atoms with Crippen molar-refractivity contribution in [3.8, 4) is 5.75 Å². The molecule has 4 heteroatoms. The highest BCUT2D eigenvalue weighted by molar-refractivity contribution is 5.93. The summed E-state index contributed by atoms with van der Waals surface area (Å²) >= 11 is 0. The van der Waals surface area contributed by atoms with Gasteiger partial charge in [-0.2, -0.15) is 0 Å². The first-order chi connectivity index (χ1) is 18.1. The van der Waals surface area contributed by atoms with Crippen LogP contribution in [0.3, 0.4) is 0 Å². The highest BCUT2D eigenvalue weighted by Crippen LogP contribution is 2.29. The van der Waals surface area contributed by atoms with E-state index in [1.165, 1.54) is 0 Å². The van der Waals surface area contributed by atoms with Gasteiger partial charge in [0.25, 0.3) is 0 Å². The maximum absolute atomic E-state index is 13.7. The Morgan fingerprint density at radius 2 is 1.63 bits per heavy atom. The number of aromatic hydroxyl groups is 1. The van der Waals surface area contributed by atoms with Gasteiger partial charge in [-0.25, -0.2) is 0 Å². The number of hydrogen-bond donors (Lipinski definition) is 2. The molecular formula is C34H46N2O2. The van der Waals surface area contributed by atoms with E-state index in [2.05, 4.69) is 46.0 Å². The zero-order valence-corrected chi connectivity index (χ0v) is 24.2. The Labute approximate surface area is 230 Å². The summed E-state index contributed by atoms with van der Waals surface area (Å²) in [6.07, 6.45) is 5.14. The van der Waals surface area contributed by atoms with Crippen LogP contribution in [0, 0.1) is 18.3 Å². The van der Waals surface area contributed by atoms with Gasteiger partial charge in [0.05, 0.1) is 0 Å². The molecule has 0 saturated carbocycles. The second-order valence-electron chi connectivity index (χ2n) is 11.9. The third-order valence-electron chi connectivity index (χ3n) is 6.86. The summed E-state index contributed by atoms with van der Waals surface area (Å²) in [6, 6.07) is 22.4. The van der Waals surface area contributed by atoms with Crippen LogP contribution in [-0.2, 0) is 17.6 Å². The quantitative estimate of drug-likeness (QED) is 0.254. The standard InChI is InChI=1S/C34H46N2O2/c1-7-8-12-28-22-27(21-26(3)33(28)38)15-20-32(37)36(24-25(2)23-34(4,5)6)31-18-16-30(17-19-31)35-29-13-10-9-11-14-29/h9-11,13-14,16-19,21-22,25,35,38H,7-8,12,15,20,23-24H2,1-6H3. The number of phenolic OH excluding ortho intramolecular Hbond substituents is 1. The van der Waals surface area contributed by atoms with Crippen LogP contribution in [0.25, 0.3) is 0 Å². The molecule has 0 saturated heterocycles. The lowest BCUT2D eigenvalue weighted by Gasteiger charge is -2.30. The van der Waals surface area contributed by atoms with Gasteiger partial charge in [0.15, 0.2) is 0 Å². The van der Waals surface area contributed by atoms with E-state index in [1.807, 2.05) is 72.5 Å². The molecule has 0 bridgehead atoms. The molecule has 3 aromatic carbocycles. The van der Waals surface area contributed by atoms with E-state index in [-0.39, 0.29) is 11.3 Å². The predicted molar refractivity (Wildman–Crippen MR) is 162 cm³/mol. The molecule has 0 spiro atoms. The van der Waals surface area contributed by atoms with Crippen LogP contribution in [0.4, 0.5) is 17.1 Å². The van der Waals surface area contributed by atoms with Crippen molar-refractivity contribution < 1.29 is 9.90 Å². The molecule has 0 radical (unpaired) electrons. The van der Waals surface area contributed by atoms with Crippen molar-refractivity contribution in [1.82, 2.24) is 0 Å². The van der Waals surface area contributed by atoms with Crippen molar-refractivity contribution in [3.05, 3.63) is 83.4 Å². The number of rotatable bonds is 12. The minimum atomic E-state index is 0.135. The second-order valence-corrected chi connectivity index (χ2v) is 11.9. The van der Waals surface area contributed by atoms with Gasteiger partial charge in [-0.05, 0) is 97.0 Å². The van der Waals surface area contributed by atoms with Crippen molar-refractivity contribution in [2.24, 2.45) is 11.3 Å². The first-order valence-corrected chi connectivity index (χ1v) is 14.1. The summed E-state index contributed by atoms with van der Waals surface area (Å²) in [6.45, 7) is 13.8. The van der Waals surface area contributed by atoms with Crippen molar-refractivity contribution >= 4 is 23.0 Å². The molecule has 0 aliphatic heterocycles. The van der Waals surface area contributed by atoms with E-state index in [9.17, 15) is 9.90 Å². The monoisotopic (exact) mass is 514 g/mol. The number of carbonyl (C=O) groups excluding carboxylic acids is 1. The first-order valence-electron chi connectivity index (χ1n) is 14.1. The SMILES string of the molecule is CCCCc1cc(CCC(=O)N(CC(C)CC(C)(C)C)c2ccc(Nc3ccccc3)cc2)cc(C)c1O. The van der Waals surface area contributed by atoms with Crippen LogP contribution >= 0.6 is 0 Å². The molecule has 0 fully saturated rings. The molecule has 4 nitrogen and oxygen atoms in total. The number of unbranched alkanes of at least 4 members (excludes halogenated alkanes) is 1. The molecule has 2 N–H and O–H groups in total. The molecule has 0 aromatic heterocycles. The molecule has 1 atom stereocenters. The van der Waals surface area contributed by atoms with Crippen LogP contribution < -0.4 is 10.2 Å². The van der Waals surface area contributed by atoms with Crippen LogP contribution in [0.2, 0.25) is 0 Å². The van der Waals surface area contributed by atoms with Gasteiger partial charge in [0.1, 0.15) is 5.75 Å². The third-order valence-corrected chi connectivity index (χ3v) is 6.86. The fourth-order valence-electron chi connectivity index (χ4n) is 5.21. The molecule has 3 rings (SSSR count). The number of aryl methyl sites for hydroxylation is 3. The highest BCUT2D eigenvalue weighted by atomic mass is 16.3. The third kappa shape index (κ3) is 8.93. The minimum absolute atomic E-state index is 0.135. The van der Waals surface area contributed by atoms with Gasteiger partial charge in [0, 0.05) is 30.0 Å². The molecular weight excluding hydrogens is 468 g/mol.